The van der Waals surface area contributed by atoms with E-state index >= 15 is 0 Å². The summed E-state index contributed by atoms with van der Waals surface area (Å²) in [5.74, 6) is -2.55. The second-order valence-corrected chi connectivity index (χ2v) is 6.34. The fourth-order valence-corrected chi connectivity index (χ4v) is 2.86. The molecule has 2 N–H and O–H groups in total. The van der Waals surface area contributed by atoms with E-state index in [0.717, 1.165) is 16.0 Å². The highest BCUT2D eigenvalue weighted by Gasteiger charge is 2.46. The summed E-state index contributed by atoms with van der Waals surface area (Å²) >= 11 is 6.11. The highest BCUT2D eigenvalue weighted by Crippen LogP contribution is 2.30. The van der Waals surface area contributed by atoms with Gasteiger partial charge in [0.15, 0.2) is 0 Å². The highest BCUT2D eigenvalue weighted by molar-refractivity contribution is 6.31. The van der Waals surface area contributed by atoms with Crippen molar-refractivity contribution in [2.75, 3.05) is 26.2 Å². The Bertz CT molecular complexity index is 773. The van der Waals surface area contributed by atoms with Gasteiger partial charge in [0.2, 0.25) is 0 Å². The van der Waals surface area contributed by atoms with Crippen molar-refractivity contribution in [2.45, 2.75) is 5.92 Å². The lowest BCUT2D eigenvalue weighted by molar-refractivity contribution is -0.113. The molecule has 25 heavy (non-hydrogen) atoms. The number of nitrogens with two attached hydrogens (primary N) is 1. The van der Waals surface area contributed by atoms with Gasteiger partial charge in [-0.05, 0) is 41.5 Å². The third-order valence-electron chi connectivity index (χ3n) is 3.85. The molecule has 0 aromatic heterocycles. The van der Waals surface area contributed by atoms with Gasteiger partial charge in [-0.2, -0.15) is 0 Å². The molecule has 3 rings (SSSR count). The van der Waals surface area contributed by atoms with Gasteiger partial charge in [0.1, 0.15) is 12.4 Å². The van der Waals surface area contributed by atoms with Crippen LogP contribution in [0.25, 0.3) is 11.1 Å². The molecule has 1 fully saturated rings. The molecule has 0 atom stereocenters. The number of hydrogen-bond donors (Lipinski definition) is 1. The zero-order valence-corrected chi connectivity index (χ0v) is 14.1. The predicted molar refractivity (Wildman–Crippen MR) is 92.3 cm³/mol. The molecule has 0 unspecified atom stereocenters. The number of alkyl halides is 2. The van der Waals surface area contributed by atoms with E-state index < -0.39 is 24.9 Å². The van der Waals surface area contributed by atoms with Crippen LogP contribution in [0.2, 0.25) is 5.02 Å². The first-order valence-electron chi connectivity index (χ1n) is 7.79. The van der Waals surface area contributed by atoms with Crippen LogP contribution in [0, 0.1) is 0 Å². The van der Waals surface area contributed by atoms with Crippen molar-refractivity contribution >= 4 is 17.5 Å². The van der Waals surface area contributed by atoms with Gasteiger partial charge in [-0.1, -0.05) is 23.7 Å². The summed E-state index contributed by atoms with van der Waals surface area (Å²) in [5.41, 5.74) is 7.47. The molecule has 0 spiro atoms. The van der Waals surface area contributed by atoms with Gasteiger partial charge < -0.3 is 15.4 Å². The van der Waals surface area contributed by atoms with Crippen LogP contribution in [0.5, 0.6) is 5.75 Å². The fourth-order valence-electron chi connectivity index (χ4n) is 2.63. The topological polar surface area (TPSA) is 55.6 Å². The van der Waals surface area contributed by atoms with Crippen molar-refractivity contribution in [3.63, 3.8) is 0 Å². The molecular formula is C18H17ClF2N2O2. The van der Waals surface area contributed by atoms with Crippen LogP contribution in [0.15, 0.2) is 42.5 Å². The summed E-state index contributed by atoms with van der Waals surface area (Å²) in [6, 6.07) is 12.1. The Hall–Kier alpha value is -2.18. The van der Waals surface area contributed by atoms with E-state index in [-0.39, 0.29) is 0 Å². The van der Waals surface area contributed by atoms with E-state index in [9.17, 15) is 13.6 Å². The number of hydrogen-bond acceptors (Lipinski definition) is 3. The molecular weight excluding hydrogens is 350 g/mol. The van der Waals surface area contributed by atoms with Crippen molar-refractivity contribution in [1.82, 2.24) is 4.90 Å². The van der Waals surface area contributed by atoms with Gasteiger partial charge in [0.05, 0.1) is 13.1 Å². The summed E-state index contributed by atoms with van der Waals surface area (Å²) in [6.07, 6.45) is 0. The number of likely N-dealkylation sites (tertiary alicyclic amines) is 1. The summed E-state index contributed by atoms with van der Waals surface area (Å²) < 4.78 is 31.3. The first-order valence-corrected chi connectivity index (χ1v) is 8.17. The Morgan fingerprint density at radius 1 is 1.16 bits per heavy atom. The maximum atomic E-state index is 12.9. The molecule has 0 radical (unpaired) electrons. The minimum absolute atomic E-state index is 0.376. The average Bonchev–Trinajstić information content (AvgIpc) is 2.57. The van der Waals surface area contributed by atoms with Crippen molar-refractivity contribution < 1.29 is 18.3 Å². The molecule has 0 saturated carbocycles. The second-order valence-electron chi connectivity index (χ2n) is 5.91. The smallest absolute Gasteiger partial charge is 0.282 e. The van der Waals surface area contributed by atoms with E-state index in [1.807, 2.05) is 6.07 Å². The molecule has 132 valence electrons. The molecule has 0 aliphatic carbocycles. The van der Waals surface area contributed by atoms with Gasteiger partial charge in [0, 0.05) is 17.1 Å². The van der Waals surface area contributed by atoms with Crippen LogP contribution >= 0.6 is 11.6 Å². The van der Waals surface area contributed by atoms with Gasteiger partial charge >= 0.3 is 0 Å². The van der Waals surface area contributed by atoms with E-state index in [1.54, 1.807) is 36.4 Å². The third kappa shape index (κ3) is 4.08. The summed E-state index contributed by atoms with van der Waals surface area (Å²) in [5, 5.41) is 0.521. The summed E-state index contributed by atoms with van der Waals surface area (Å²) in [6.45, 7) is -0.269. The Labute approximate surface area is 149 Å². The van der Waals surface area contributed by atoms with Crippen LogP contribution in [0.1, 0.15) is 10.4 Å². The Balaban J connectivity index is 1.76. The van der Waals surface area contributed by atoms with E-state index in [2.05, 4.69) is 0 Å². The van der Waals surface area contributed by atoms with Gasteiger partial charge in [-0.3, -0.25) is 4.79 Å². The van der Waals surface area contributed by atoms with E-state index in [0.29, 0.717) is 29.5 Å². The van der Waals surface area contributed by atoms with Crippen molar-refractivity contribution in [1.29, 1.82) is 0 Å². The Morgan fingerprint density at radius 3 is 2.44 bits per heavy atom. The standard InChI is InChI=1S/C18H17ClF2N2O2/c19-15-7-14(8-16(9-15)25-6-5-22)12-1-3-13(4-2-12)17(24)23-10-18(20,21)11-23/h1-4,7-9H,5-6,10-11,22H2. The lowest BCUT2D eigenvalue weighted by Gasteiger charge is -2.38. The second kappa shape index (κ2) is 6.98. The molecule has 2 aromatic carbocycles. The first-order chi connectivity index (χ1) is 11.9. The molecule has 1 aliphatic rings. The molecule has 4 nitrogen and oxygen atoms in total. The van der Waals surface area contributed by atoms with Gasteiger partial charge in [-0.25, -0.2) is 8.78 Å². The molecule has 1 aliphatic heterocycles. The van der Waals surface area contributed by atoms with Crippen molar-refractivity contribution in [3.8, 4) is 16.9 Å². The SMILES string of the molecule is NCCOc1cc(Cl)cc(-c2ccc(C(=O)N3CC(F)(F)C3)cc2)c1. The number of rotatable bonds is 5. The monoisotopic (exact) mass is 366 g/mol. The quantitative estimate of drug-likeness (QED) is 0.882. The van der Waals surface area contributed by atoms with Gasteiger partial charge in [-0.15, -0.1) is 0 Å². The number of ether oxygens (including phenoxy) is 1. The lowest BCUT2D eigenvalue weighted by atomic mass is 10.0. The Morgan fingerprint density at radius 2 is 1.84 bits per heavy atom. The molecule has 1 saturated heterocycles. The molecule has 0 bridgehead atoms. The van der Waals surface area contributed by atoms with Crippen LogP contribution < -0.4 is 10.5 Å². The zero-order chi connectivity index (χ0) is 18.0. The fraction of sp³-hybridized carbons (Fsp3) is 0.278. The predicted octanol–water partition coefficient (Wildman–Crippen LogP) is 3.44. The van der Waals surface area contributed by atoms with Crippen LogP contribution in [0.4, 0.5) is 8.78 Å². The van der Waals surface area contributed by atoms with Crippen LogP contribution in [-0.2, 0) is 0 Å². The van der Waals surface area contributed by atoms with Crippen LogP contribution in [-0.4, -0.2) is 43.0 Å². The van der Waals surface area contributed by atoms with E-state index in [4.69, 9.17) is 22.1 Å². The average molecular weight is 367 g/mol. The maximum Gasteiger partial charge on any atom is 0.282 e. The number of amides is 1. The van der Waals surface area contributed by atoms with Crippen LogP contribution in [0.3, 0.4) is 0 Å². The number of benzene rings is 2. The Kier molecular flexibility index (Phi) is 4.92. The number of carbonyl (C=O) groups is 1. The molecule has 1 heterocycles. The molecule has 1 amide bonds. The largest absolute Gasteiger partial charge is 0.492 e. The maximum absolute atomic E-state index is 12.9. The number of carbonyl (C=O) groups excluding carboxylic acids is 1. The van der Waals surface area contributed by atoms with Crippen molar-refractivity contribution in [2.24, 2.45) is 5.73 Å². The van der Waals surface area contributed by atoms with E-state index in [1.165, 1.54) is 0 Å². The lowest BCUT2D eigenvalue weighted by Crippen LogP contribution is -2.58. The minimum atomic E-state index is -2.77. The number of nitrogens with zero attached hydrogens (tertiary/aromatic N) is 1. The molecule has 2 aromatic rings. The summed E-state index contributed by atoms with van der Waals surface area (Å²) in [7, 11) is 0. The minimum Gasteiger partial charge on any atom is -0.492 e. The zero-order valence-electron chi connectivity index (χ0n) is 13.3. The third-order valence-corrected chi connectivity index (χ3v) is 4.07. The molecule has 7 heteroatoms. The number of halogens is 3. The summed E-state index contributed by atoms with van der Waals surface area (Å²) in [4.78, 5) is 13.3. The van der Waals surface area contributed by atoms with Gasteiger partial charge in [0.25, 0.3) is 11.8 Å². The van der Waals surface area contributed by atoms with Crippen molar-refractivity contribution in [3.05, 3.63) is 53.1 Å². The highest BCUT2D eigenvalue weighted by atomic mass is 35.5. The first kappa shape index (κ1) is 17.6. The normalized spacial score (nSPS) is 15.6.